The highest BCUT2D eigenvalue weighted by Crippen LogP contribution is 2.20. The molecule has 4 aromatic rings. The molecule has 0 bridgehead atoms. The number of carbonyl (C=O) groups excluding carboxylic acids is 6. The minimum atomic E-state index is -4.50. The molecule has 1 aromatic heterocycles. The first kappa shape index (κ1) is 52.6. The van der Waals surface area contributed by atoms with Crippen LogP contribution in [-0.4, -0.2) is 119 Å². The van der Waals surface area contributed by atoms with E-state index < -0.39 is 138 Å². The van der Waals surface area contributed by atoms with Crippen molar-refractivity contribution in [2.75, 3.05) is 6.54 Å². The summed E-state index contributed by atoms with van der Waals surface area (Å²) in [5.74, 6) is -11.6. The minimum Gasteiger partial charge on any atom is -0.481 e. The number of carboxylic acids is 3. The van der Waals surface area contributed by atoms with Crippen LogP contribution in [0.15, 0.2) is 83.9 Å². The summed E-state index contributed by atoms with van der Waals surface area (Å²) >= 11 is 1.92. The van der Waals surface area contributed by atoms with Crippen molar-refractivity contribution < 1.29 is 71.3 Å². The number of nitrogens with two attached hydrogens (primary N) is 1. The van der Waals surface area contributed by atoms with E-state index in [0.29, 0.717) is 20.0 Å². The molecule has 0 aliphatic rings. The molecule has 0 radical (unpaired) electrons. The number of sulfonamides is 1. The van der Waals surface area contributed by atoms with E-state index in [9.17, 15) is 66.2 Å². The topological polar surface area (TPSA) is 362 Å². The van der Waals surface area contributed by atoms with Crippen molar-refractivity contribution in [3.05, 3.63) is 99.5 Å². The normalized spacial score (nSPS) is 13.5. The van der Waals surface area contributed by atoms with Gasteiger partial charge in [-0.1, -0.05) is 30.3 Å². The van der Waals surface area contributed by atoms with Gasteiger partial charge in [-0.05, 0) is 89.0 Å². The number of nitrogens with one attached hydrogen (secondary N) is 7. The van der Waals surface area contributed by atoms with Crippen molar-refractivity contribution >= 4 is 96.9 Å². The van der Waals surface area contributed by atoms with Crippen molar-refractivity contribution in [1.29, 1.82) is 0 Å². The molecule has 12 N–H and O–H groups in total. The number of aliphatic carboxylic acids is 3. The lowest BCUT2D eigenvalue weighted by molar-refractivity contribution is -0.140. The number of hydrogen-bond acceptors (Lipinski definition) is 11. The lowest BCUT2D eigenvalue weighted by atomic mass is 10.0. The number of carbonyl (C=O) groups is 9. The fourth-order valence-electron chi connectivity index (χ4n) is 6.51. The highest BCUT2D eigenvalue weighted by molar-refractivity contribution is 14.1. The number of rotatable bonds is 26. The summed E-state index contributed by atoms with van der Waals surface area (Å²) in [5, 5.41) is 40.2. The van der Waals surface area contributed by atoms with Gasteiger partial charge in [0.25, 0.3) is 0 Å². The lowest BCUT2D eigenvalue weighted by Crippen LogP contribution is -2.58. The van der Waals surface area contributed by atoms with Gasteiger partial charge in [0.15, 0.2) is 0 Å². The number of carboxylic acid groups (broad SMARTS) is 3. The number of halogens is 2. The second kappa shape index (κ2) is 24.5. The molecule has 0 aliphatic heterocycles. The quantitative estimate of drug-likeness (QED) is 0.0363. The predicted molar refractivity (Wildman–Crippen MR) is 241 cm³/mol. The standard InChI is InChI=1S/C42H46FIN8O14S/c43-24-5-3-4-22(16-24)17-31(40(62)51-32(18-23-20-46-28-7-2-1-6-27(23)28)41(63)49-29(38(45)60)12-14-35(54)55)48-34(53)21-47-39(61)30(13-15-36(56)57)50-42(64)33(19-37(58)59)52-67(65,66)26-10-8-25(44)9-11-26/h1-11,16,20,29-33,46,52H,12-15,17-19,21H2,(H2,45,60)(H,47,61)(H,48,53)(H,49,63)(H,50,64)(H,51,62)(H,54,55)(H,56,57)(H,58,59)/t29-,30-,31-,32-,33+/m0/s1. The second-order valence-corrected chi connectivity index (χ2v) is 17.9. The van der Waals surface area contributed by atoms with Crippen molar-refractivity contribution in [2.24, 2.45) is 5.73 Å². The van der Waals surface area contributed by atoms with E-state index in [1.54, 1.807) is 30.5 Å². The lowest BCUT2D eigenvalue weighted by Gasteiger charge is -2.25. The van der Waals surface area contributed by atoms with Gasteiger partial charge < -0.3 is 52.6 Å². The number of amides is 6. The summed E-state index contributed by atoms with van der Waals surface area (Å²) in [6.45, 7) is -0.938. The largest absolute Gasteiger partial charge is 0.481 e. The number of fused-ring (bicyclic) bond motifs is 1. The van der Waals surface area contributed by atoms with Gasteiger partial charge >= 0.3 is 17.9 Å². The van der Waals surface area contributed by atoms with Crippen molar-refractivity contribution in [3.8, 4) is 0 Å². The van der Waals surface area contributed by atoms with Crippen molar-refractivity contribution in [1.82, 2.24) is 36.3 Å². The Kier molecular flexibility index (Phi) is 19.2. The van der Waals surface area contributed by atoms with Crippen LogP contribution < -0.4 is 37.0 Å². The SMILES string of the molecule is NC(=O)[C@H](CCC(=O)O)NC(=O)[C@H](Cc1c[nH]c2ccccc12)NC(=O)[C@H](Cc1cccc(F)c1)NC(=O)CNC(=O)[C@H](CCC(=O)O)NC(=O)[C@@H](CC(=O)O)NS(=O)(=O)c1ccc(I)cc1. The van der Waals surface area contributed by atoms with Crippen LogP contribution in [0.2, 0.25) is 0 Å². The van der Waals surface area contributed by atoms with Gasteiger partial charge in [0, 0.05) is 46.4 Å². The van der Waals surface area contributed by atoms with Crippen LogP contribution >= 0.6 is 22.6 Å². The van der Waals surface area contributed by atoms with E-state index in [1.165, 1.54) is 36.4 Å². The van der Waals surface area contributed by atoms with E-state index in [0.717, 1.165) is 12.1 Å². The Morgan fingerprint density at radius 1 is 0.672 bits per heavy atom. The Morgan fingerprint density at radius 2 is 1.25 bits per heavy atom. The van der Waals surface area contributed by atoms with Crippen LogP contribution in [0.5, 0.6) is 0 Å². The van der Waals surface area contributed by atoms with Gasteiger partial charge in [-0.3, -0.25) is 43.2 Å². The molecule has 0 fully saturated rings. The zero-order valence-electron chi connectivity index (χ0n) is 35.1. The first-order valence-corrected chi connectivity index (χ1v) is 22.7. The third-order valence-electron chi connectivity index (χ3n) is 9.84. The molecule has 0 saturated carbocycles. The third-order valence-corrected chi connectivity index (χ3v) is 12.0. The molecule has 3 aromatic carbocycles. The van der Waals surface area contributed by atoms with E-state index in [1.807, 2.05) is 27.3 Å². The van der Waals surface area contributed by atoms with Gasteiger partial charge in [-0.2, -0.15) is 4.72 Å². The Morgan fingerprint density at radius 3 is 1.87 bits per heavy atom. The summed E-state index contributed by atoms with van der Waals surface area (Å²) in [5.41, 5.74) is 6.82. The Bertz CT molecular complexity index is 2610. The average Bonchev–Trinajstić information content (AvgIpc) is 3.66. The molecule has 5 atom stereocenters. The Hall–Kier alpha value is -7.00. The van der Waals surface area contributed by atoms with E-state index in [4.69, 9.17) is 10.8 Å². The molecule has 358 valence electrons. The number of para-hydroxylation sites is 1. The highest BCUT2D eigenvalue weighted by atomic mass is 127. The number of benzene rings is 3. The monoisotopic (exact) mass is 1060 g/mol. The van der Waals surface area contributed by atoms with Gasteiger partial charge in [-0.15, -0.1) is 0 Å². The van der Waals surface area contributed by atoms with E-state index in [-0.39, 0.29) is 23.3 Å². The van der Waals surface area contributed by atoms with Gasteiger partial charge in [0.1, 0.15) is 36.0 Å². The van der Waals surface area contributed by atoms with E-state index in [2.05, 4.69) is 31.6 Å². The predicted octanol–water partition coefficient (Wildman–Crippen LogP) is -0.211. The molecule has 6 amide bonds. The molecule has 0 aliphatic carbocycles. The van der Waals surface area contributed by atoms with Crippen LogP contribution in [0.25, 0.3) is 10.9 Å². The van der Waals surface area contributed by atoms with Crippen LogP contribution in [-0.2, 0) is 66.0 Å². The average molecular weight is 1060 g/mol. The van der Waals surface area contributed by atoms with Gasteiger partial charge in [0.2, 0.25) is 45.5 Å². The van der Waals surface area contributed by atoms with Gasteiger partial charge in [0.05, 0.1) is 17.9 Å². The summed E-state index contributed by atoms with van der Waals surface area (Å²) in [6, 6.07) is 8.85. The molecule has 1 heterocycles. The summed E-state index contributed by atoms with van der Waals surface area (Å²) < 4.78 is 43.1. The first-order chi connectivity index (χ1) is 31.6. The molecule has 25 heteroatoms. The molecule has 0 unspecified atom stereocenters. The Balaban J connectivity index is 1.55. The maximum atomic E-state index is 14.3. The number of hydrogen-bond donors (Lipinski definition) is 11. The molecular formula is C42H46FIN8O14S. The van der Waals surface area contributed by atoms with E-state index >= 15 is 0 Å². The Labute approximate surface area is 394 Å². The first-order valence-electron chi connectivity index (χ1n) is 20.1. The maximum absolute atomic E-state index is 14.3. The fraction of sp³-hybridized carbons (Fsp3) is 0.310. The molecular weight excluding hydrogens is 1020 g/mol. The van der Waals surface area contributed by atoms with Crippen LogP contribution in [0.1, 0.15) is 43.2 Å². The smallest absolute Gasteiger partial charge is 0.305 e. The summed E-state index contributed by atoms with van der Waals surface area (Å²) in [4.78, 5) is 117. The highest BCUT2D eigenvalue weighted by Gasteiger charge is 2.33. The number of aromatic amines is 1. The van der Waals surface area contributed by atoms with Crippen LogP contribution in [0.3, 0.4) is 0 Å². The summed E-state index contributed by atoms with van der Waals surface area (Å²) in [7, 11) is -4.50. The third kappa shape index (κ3) is 16.7. The number of H-pyrrole nitrogens is 1. The molecule has 22 nitrogen and oxygen atoms in total. The molecule has 0 saturated heterocycles. The van der Waals surface area contributed by atoms with Gasteiger partial charge in [-0.25, -0.2) is 12.8 Å². The second-order valence-electron chi connectivity index (χ2n) is 14.9. The summed E-state index contributed by atoms with van der Waals surface area (Å²) in [6.07, 6.45) is -2.41. The van der Waals surface area contributed by atoms with Crippen molar-refractivity contribution in [3.63, 3.8) is 0 Å². The fourth-order valence-corrected chi connectivity index (χ4v) is 8.07. The minimum absolute atomic E-state index is 0.189. The molecule has 0 spiro atoms. The van der Waals surface area contributed by atoms with Crippen LogP contribution in [0.4, 0.5) is 4.39 Å². The zero-order valence-corrected chi connectivity index (χ0v) is 38.1. The maximum Gasteiger partial charge on any atom is 0.305 e. The zero-order chi connectivity index (χ0) is 49.4. The molecule has 67 heavy (non-hydrogen) atoms. The number of aromatic nitrogens is 1. The number of primary amides is 1. The van der Waals surface area contributed by atoms with Crippen molar-refractivity contribution in [2.45, 2.75) is 80.1 Å². The van der Waals surface area contributed by atoms with Crippen LogP contribution in [0, 0.1) is 9.39 Å². The molecule has 4 rings (SSSR count).